The molecule has 0 aliphatic carbocycles. The molecule has 1 unspecified atom stereocenters. The Morgan fingerprint density at radius 3 is 2.59 bits per heavy atom. The molecule has 29 heavy (non-hydrogen) atoms. The minimum Gasteiger partial charge on any atom is -0.396 e. The van der Waals surface area contributed by atoms with Crippen LogP contribution in [-0.4, -0.2) is 33.8 Å². The maximum absolute atomic E-state index is 13.2. The van der Waals surface area contributed by atoms with E-state index in [0.29, 0.717) is 36.1 Å². The minimum atomic E-state index is -0.556. The molecule has 2 N–H and O–H groups in total. The van der Waals surface area contributed by atoms with Crippen molar-refractivity contribution in [2.24, 2.45) is 7.05 Å². The van der Waals surface area contributed by atoms with Crippen LogP contribution in [0.3, 0.4) is 0 Å². The van der Waals surface area contributed by atoms with Crippen molar-refractivity contribution >= 4 is 23.1 Å². The predicted molar refractivity (Wildman–Crippen MR) is 114 cm³/mol. The maximum Gasteiger partial charge on any atom is 0.332 e. The van der Waals surface area contributed by atoms with Gasteiger partial charge >= 0.3 is 5.69 Å². The average molecular weight is 423 g/mol. The SMILES string of the molecule is CCCCOC1Nc2c(c(=O)n(CCCO)c(=O)n2C)N1Cc1ccc(Cl)cc1. The van der Waals surface area contributed by atoms with Gasteiger partial charge in [-0.25, -0.2) is 4.79 Å². The van der Waals surface area contributed by atoms with Crippen molar-refractivity contribution in [3.05, 3.63) is 55.7 Å². The predicted octanol–water partition coefficient (Wildman–Crippen LogP) is 2.12. The van der Waals surface area contributed by atoms with Gasteiger partial charge in [-0.05, 0) is 30.5 Å². The number of unbranched alkanes of at least 4 members (excludes halogenated alkanes) is 1. The van der Waals surface area contributed by atoms with E-state index in [9.17, 15) is 9.59 Å². The number of aromatic nitrogens is 2. The van der Waals surface area contributed by atoms with Gasteiger partial charge in [-0.15, -0.1) is 0 Å². The zero-order chi connectivity index (χ0) is 21.0. The third kappa shape index (κ3) is 4.49. The number of nitrogens with one attached hydrogen (secondary N) is 1. The summed E-state index contributed by atoms with van der Waals surface area (Å²) >= 11 is 5.99. The van der Waals surface area contributed by atoms with Gasteiger partial charge in [0, 0.05) is 31.8 Å². The van der Waals surface area contributed by atoms with Gasteiger partial charge in [0.15, 0.2) is 0 Å². The van der Waals surface area contributed by atoms with Crippen LogP contribution in [0.5, 0.6) is 0 Å². The Morgan fingerprint density at radius 1 is 1.21 bits per heavy atom. The molecule has 3 rings (SSSR count). The third-order valence-corrected chi connectivity index (χ3v) is 5.19. The summed E-state index contributed by atoms with van der Waals surface area (Å²) in [6, 6.07) is 7.40. The molecule has 1 aliphatic rings. The molecule has 0 saturated carbocycles. The lowest BCUT2D eigenvalue weighted by Crippen LogP contribution is -2.42. The van der Waals surface area contributed by atoms with Gasteiger partial charge in [0.2, 0.25) is 6.35 Å². The number of halogens is 1. The van der Waals surface area contributed by atoms with Crippen LogP contribution in [0, 0.1) is 0 Å². The normalized spacial score (nSPS) is 15.4. The molecule has 8 nitrogen and oxygen atoms in total. The van der Waals surface area contributed by atoms with E-state index in [1.165, 1.54) is 9.13 Å². The molecule has 1 aliphatic heterocycles. The number of nitrogens with zero attached hydrogens (tertiary/aromatic N) is 3. The lowest BCUT2D eigenvalue weighted by Gasteiger charge is -2.26. The van der Waals surface area contributed by atoms with Gasteiger partial charge in [-0.1, -0.05) is 37.1 Å². The van der Waals surface area contributed by atoms with E-state index in [0.717, 1.165) is 18.4 Å². The van der Waals surface area contributed by atoms with E-state index in [-0.39, 0.29) is 18.7 Å². The fraction of sp³-hybridized carbons (Fsp3) is 0.500. The summed E-state index contributed by atoms with van der Waals surface area (Å²) in [5, 5.41) is 12.9. The number of aliphatic hydroxyl groups is 1. The van der Waals surface area contributed by atoms with E-state index in [2.05, 4.69) is 12.2 Å². The standard InChI is InChI=1S/C20H27ClN4O4/c1-3-4-12-29-19-22-17-16(25(19)13-14-6-8-15(21)9-7-14)18(27)24(10-5-11-26)20(28)23(17)2/h6-9,19,22,26H,3-5,10-13H2,1-2H3. The smallest absolute Gasteiger partial charge is 0.332 e. The summed E-state index contributed by atoms with van der Waals surface area (Å²) in [6.07, 6.45) is 1.65. The van der Waals surface area contributed by atoms with Crippen molar-refractivity contribution in [1.82, 2.24) is 9.13 Å². The number of aliphatic hydroxyl groups excluding tert-OH is 1. The first-order valence-corrected chi connectivity index (χ1v) is 10.2. The topological polar surface area (TPSA) is 88.7 Å². The molecule has 0 spiro atoms. The fourth-order valence-corrected chi connectivity index (χ4v) is 3.46. The highest BCUT2D eigenvalue weighted by Gasteiger charge is 2.35. The van der Waals surface area contributed by atoms with Gasteiger partial charge in [-0.2, -0.15) is 0 Å². The van der Waals surface area contributed by atoms with E-state index >= 15 is 0 Å². The summed E-state index contributed by atoms with van der Waals surface area (Å²) in [5.41, 5.74) is 0.541. The lowest BCUT2D eigenvalue weighted by molar-refractivity contribution is 0.0701. The molecule has 1 atom stereocenters. The number of hydrogen-bond acceptors (Lipinski definition) is 6. The first kappa shape index (κ1) is 21.4. The Bertz CT molecular complexity index is 955. The highest BCUT2D eigenvalue weighted by Crippen LogP contribution is 2.32. The Kier molecular flexibility index (Phi) is 7.00. The second-order valence-electron chi connectivity index (χ2n) is 7.05. The molecule has 0 fully saturated rings. The van der Waals surface area contributed by atoms with Crippen LogP contribution in [0.4, 0.5) is 11.5 Å². The largest absolute Gasteiger partial charge is 0.396 e. The van der Waals surface area contributed by atoms with Crippen molar-refractivity contribution in [3.63, 3.8) is 0 Å². The van der Waals surface area contributed by atoms with Crippen LogP contribution in [0.1, 0.15) is 31.7 Å². The molecule has 0 bridgehead atoms. The Hall–Kier alpha value is -2.29. The number of anilines is 2. The highest BCUT2D eigenvalue weighted by atomic mass is 35.5. The van der Waals surface area contributed by atoms with Crippen molar-refractivity contribution in [2.75, 3.05) is 23.4 Å². The zero-order valence-corrected chi connectivity index (χ0v) is 17.5. The summed E-state index contributed by atoms with van der Waals surface area (Å²) < 4.78 is 8.58. The summed E-state index contributed by atoms with van der Waals surface area (Å²) in [6.45, 7) is 3.09. The van der Waals surface area contributed by atoms with Gasteiger partial charge in [-0.3, -0.25) is 13.9 Å². The van der Waals surface area contributed by atoms with Crippen LogP contribution in [0.15, 0.2) is 33.9 Å². The molecular weight excluding hydrogens is 396 g/mol. The lowest BCUT2D eigenvalue weighted by atomic mass is 10.2. The van der Waals surface area contributed by atoms with Crippen molar-refractivity contribution < 1.29 is 9.84 Å². The van der Waals surface area contributed by atoms with Crippen LogP contribution in [0.25, 0.3) is 0 Å². The Morgan fingerprint density at radius 2 is 1.93 bits per heavy atom. The summed E-state index contributed by atoms with van der Waals surface area (Å²) in [5.74, 6) is 0.440. The van der Waals surface area contributed by atoms with Crippen molar-refractivity contribution in [3.8, 4) is 0 Å². The van der Waals surface area contributed by atoms with E-state index in [4.69, 9.17) is 21.4 Å². The zero-order valence-electron chi connectivity index (χ0n) is 16.7. The quantitative estimate of drug-likeness (QED) is 0.602. The molecule has 1 aromatic heterocycles. The first-order valence-electron chi connectivity index (χ1n) is 9.81. The highest BCUT2D eigenvalue weighted by molar-refractivity contribution is 6.30. The average Bonchev–Trinajstić information content (AvgIpc) is 3.07. The number of hydrogen-bond donors (Lipinski definition) is 2. The third-order valence-electron chi connectivity index (χ3n) is 4.94. The van der Waals surface area contributed by atoms with Gasteiger partial charge < -0.3 is 20.1 Å². The fourth-order valence-electron chi connectivity index (χ4n) is 3.33. The number of ether oxygens (including phenoxy) is 1. The molecular formula is C20H27ClN4O4. The summed E-state index contributed by atoms with van der Waals surface area (Å²) in [4.78, 5) is 27.7. The van der Waals surface area contributed by atoms with Crippen LogP contribution < -0.4 is 21.5 Å². The van der Waals surface area contributed by atoms with Crippen molar-refractivity contribution in [2.45, 2.75) is 45.6 Å². The minimum absolute atomic E-state index is 0.0951. The van der Waals surface area contributed by atoms with Gasteiger partial charge in [0.05, 0.1) is 6.61 Å². The molecule has 2 heterocycles. The number of rotatable bonds is 9. The van der Waals surface area contributed by atoms with Gasteiger partial charge in [0.1, 0.15) is 11.5 Å². The molecule has 0 saturated heterocycles. The first-order chi connectivity index (χ1) is 14.0. The van der Waals surface area contributed by atoms with Crippen LogP contribution in [0.2, 0.25) is 5.02 Å². The monoisotopic (exact) mass is 422 g/mol. The van der Waals surface area contributed by atoms with E-state index in [1.54, 1.807) is 19.2 Å². The second kappa shape index (κ2) is 9.47. The molecule has 1 aromatic carbocycles. The maximum atomic E-state index is 13.2. The second-order valence-corrected chi connectivity index (χ2v) is 7.48. The van der Waals surface area contributed by atoms with E-state index in [1.807, 2.05) is 17.0 Å². The van der Waals surface area contributed by atoms with Crippen LogP contribution >= 0.6 is 11.6 Å². The number of benzene rings is 1. The van der Waals surface area contributed by atoms with Gasteiger partial charge in [0.25, 0.3) is 5.56 Å². The molecule has 9 heteroatoms. The molecule has 158 valence electrons. The Balaban J connectivity index is 2.03. The molecule has 0 radical (unpaired) electrons. The summed E-state index contributed by atoms with van der Waals surface area (Å²) in [7, 11) is 1.62. The number of fused-ring (bicyclic) bond motifs is 1. The Labute approximate surface area is 174 Å². The molecule has 2 aromatic rings. The van der Waals surface area contributed by atoms with Crippen LogP contribution in [-0.2, 0) is 24.9 Å². The van der Waals surface area contributed by atoms with Crippen molar-refractivity contribution in [1.29, 1.82) is 0 Å². The van der Waals surface area contributed by atoms with E-state index < -0.39 is 12.0 Å². The molecule has 0 amide bonds.